The summed E-state index contributed by atoms with van der Waals surface area (Å²) in [5.41, 5.74) is 0. The van der Waals surface area contributed by atoms with Gasteiger partial charge in [0.25, 0.3) is 0 Å². The van der Waals surface area contributed by atoms with Crippen LogP contribution in [0.25, 0.3) is 0 Å². The van der Waals surface area contributed by atoms with Crippen molar-refractivity contribution in [2.75, 3.05) is 25.1 Å². The maximum Gasteiger partial charge on any atom is 0.0247 e. The summed E-state index contributed by atoms with van der Waals surface area (Å²) in [6.45, 7) is 11.7. The van der Waals surface area contributed by atoms with Crippen LogP contribution in [-0.4, -0.2) is 48.1 Å². The lowest BCUT2D eigenvalue weighted by Crippen LogP contribution is -2.60. The van der Waals surface area contributed by atoms with Gasteiger partial charge in [0.2, 0.25) is 0 Å². The molecule has 0 saturated carbocycles. The maximum atomic E-state index is 3.59. The molecule has 3 atom stereocenters. The van der Waals surface area contributed by atoms with Gasteiger partial charge in [0.1, 0.15) is 0 Å². The van der Waals surface area contributed by atoms with E-state index >= 15 is 0 Å². The molecule has 1 aliphatic rings. The van der Waals surface area contributed by atoms with Crippen LogP contribution in [-0.2, 0) is 0 Å². The third-order valence-electron chi connectivity index (χ3n) is 3.33. The Labute approximate surface area is 99.2 Å². The second-order valence-electron chi connectivity index (χ2n) is 5.12. The molecule has 0 amide bonds. The summed E-state index contributed by atoms with van der Waals surface area (Å²) in [6.07, 6.45) is 2.20. The molecule has 15 heavy (non-hydrogen) atoms. The molecule has 1 N–H and O–H groups in total. The Hall–Kier alpha value is 0.270. The summed E-state index contributed by atoms with van der Waals surface area (Å²) in [5, 5.41) is 3.59. The predicted molar refractivity (Wildman–Crippen MR) is 70.6 cm³/mol. The zero-order valence-electron chi connectivity index (χ0n) is 10.8. The first-order valence-corrected chi connectivity index (χ1v) is 7.43. The van der Waals surface area contributed by atoms with E-state index in [0.717, 1.165) is 12.5 Å². The molecule has 1 rings (SSSR count). The summed E-state index contributed by atoms with van der Waals surface area (Å²) >= 11 is 1.96. The van der Waals surface area contributed by atoms with Gasteiger partial charge in [-0.2, -0.15) is 11.8 Å². The van der Waals surface area contributed by atoms with Crippen LogP contribution in [0.5, 0.6) is 0 Å². The Bertz CT molecular complexity index is 184. The van der Waals surface area contributed by atoms with Crippen LogP contribution in [0.1, 0.15) is 27.7 Å². The fourth-order valence-corrected chi connectivity index (χ4v) is 3.09. The van der Waals surface area contributed by atoms with Gasteiger partial charge >= 0.3 is 0 Å². The molecular weight excluding hydrogens is 204 g/mol. The monoisotopic (exact) mass is 230 g/mol. The van der Waals surface area contributed by atoms with E-state index < -0.39 is 0 Å². The smallest absolute Gasteiger partial charge is 0.0247 e. The Kier molecular flexibility index (Phi) is 5.44. The molecule has 90 valence electrons. The summed E-state index contributed by atoms with van der Waals surface area (Å²) < 4.78 is 0. The van der Waals surface area contributed by atoms with Gasteiger partial charge in [0.05, 0.1) is 0 Å². The van der Waals surface area contributed by atoms with Crippen molar-refractivity contribution in [2.24, 2.45) is 5.92 Å². The molecule has 0 aliphatic carbocycles. The predicted octanol–water partition coefficient (Wildman–Crippen LogP) is 2.06. The second kappa shape index (κ2) is 6.12. The molecule has 1 fully saturated rings. The molecule has 0 aromatic rings. The molecule has 0 spiro atoms. The Morgan fingerprint density at radius 3 is 2.60 bits per heavy atom. The molecule has 1 aliphatic heterocycles. The van der Waals surface area contributed by atoms with Gasteiger partial charge in [-0.05, 0) is 26.0 Å². The van der Waals surface area contributed by atoms with Gasteiger partial charge in [-0.15, -0.1) is 0 Å². The molecular formula is C12H26N2S. The van der Waals surface area contributed by atoms with E-state index in [-0.39, 0.29) is 0 Å². The normalized spacial score (nSPS) is 30.8. The molecule has 2 nitrogen and oxygen atoms in total. The van der Waals surface area contributed by atoms with Crippen molar-refractivity contribution in [1.29, 1.82) is 0 Å². The van der Waals surface area contributed by atoms with Crippen molar-refractivity contribution in [3.8, 4) is 0 Å². The van der Waals surface area contributed by atoms with Gasteiger partial charge in [0.15, 0.2) is 0 Å². The average Bonchev–Trinajstić information content (AvgIpc) is 2.17. The Morgan fingerprint density at radius 1 is 1.40 bits per heavy atom. The molecule has 0 aromatic heterocycles. The van der Waals surface area contributed by atoms with Crippen LogP contribution < -0.4 is 5.32 Å². The summed E-state index contributed by atoms with van der Waals surface area (Å²) in [4.78, 5) is 2.70. The highest BCUT2D eigenvalue weighted by Gasteiger charge is 2.30. The first-order valence-electron chi connectivity index (χ1n) is 6.04. The fourth-order valence-electron chi connectivity index (χ4n) is 2.42. The number of hydrogen-bond acceptors (Lipinski definition) is 3. The van der Waals surface area contributed by atoms with E-state index in [1.54, 1.807) is 0 Å². The van der Waals surface area contributed by atoms with Gasteiger partial charge in [-0.25, -0.2) is 0 Å². The van der Waals surface area contributed by atoms with Crippen molar-refractivity contribution in [3.05, 3.63) is 0 Å². The molecule has 3 unspecified atom stereocenters. The van der Waals surface area contributed by atoms with Crippen molar-refractivity contribution in [2.45, 2.75) is 45.8 Å². The topological polar surface area (TPSA) is 15.3 Å². The van der Waals surface area contributed by atoms with Crippen LogP contribution in [0.3, 0.4) is 0 Å². The lowest BCUT2D eigenvalue weighted by molar-refractivity contribution is 0.0750. The highest BCUT2D eigenvalue weighted by Crippen LogP contribution is 2.19. The number of nitrogens with one attached hydrogen (secondary N) is 1. The third-order valence-corrected chi connectivity index (χ3v) is 4.15. The number of thioether (sulfide) groups is 1. The molecule has 0 aromatic carbocycles. The minimum atomic E-state index is 0.643. The number of nitrogens with zero attached hydrogens (tertiary/aromatic N) is 1. The zero-order valence-corrected chi connectivity index (χ0v) is 11.6. The highest BCUT2D eigenvalue weighted by atomic mass is 32.2. The third kappa shape index (κ3) is 3.65. The van der Waals surface area contributed by atoms with E-state index in [1.165, 1.54) is 12.3 Å². The largest absolute Gasteiger partial charge is 0.311 e. The van der Waals surface area contributed by atoms with E-state index in [0.29, 0.717) is 18.1 Å². The maximum absolute atomic E-state index is 3.59. The lowest BCUT2D eigenvalue weighted by atomic mass is 9.97. The van der Waals surface area contributed by atoms with Crippen molar-refractivity contribution >= 4 is 11.8 Å². The summed E-state index contributed by atoms with van der Waals surface area (Å²) in [5.74, 6) is 1.99. The van der Waals surface area contributed by atoms with Crippen molar-refractivity contribution in [1.82, 2.24) is 10.2 Å². The molecule has 0 bridgehead atoms. The quantitative estimate of drug-likeness (QED) is 0.796. The standard InChI is InChI=1S/C12H26N2S/c1-9(2)12-6-13-10(3)7-14(12)11(4)8-15-5/h9-13H,6-8H2,1-5H3. The van der Waals surface area contributed by atoms with Gasteiger partial charge < -0.3 is 5.32 Å². The minimum absolute atomic E-state index is 0.643. The van der Waals surface area contributed by atoms with Crippen molar-refractivity contribution in [3.63, 3.8) is 0 Å². The van der Waals surface area contributed by atoms with Crippen LogP contribution in [0.2, 0.25) is 0 Å². The van der Waals surface area contributed by atoms with Crippen LogP contribution >= 0.6 is 11.8 Å². The van der Waals surface area contributed by atoms with Crippen molar-refractivity contribution < 1.29 is 0 Å². The van der Waals surface area contributed by atoms with E-state index in [1.807, 2.05) is 11.8 Å². The SMILES string of the molecule is CSCC(C)N1CC(C)NCC1C(C)C. The van der Waals surface area contributed by atoms with E-state index in [9.17, 15) is 0 Å². The van der Waals surface area contributed by atoms with Crippen LogP contribution in [0, 0.1) is 5.92 Å². The number of hydrogen-bond donors (Lipinski definition) is 1. The minimum Gasteiger partial charge on any atom is -0.311 e. The molecule has 3 heteroatoms. The van der Waals surface area contributed by atoms with Gasteiger partial charge in [-0.1, -0.05) is 13.8 Å². The molecule has 1 heterocycles. The first-order chi connectivity index (χ1) is 7.06. The fraction of sp³-hybridized carbons (Fsp3) is 1.00. The average molecular weight is 230 g/mol. The molecule has 0 radical (unpaired) electrons. The zero-order chi connectivity index (χ0) is 11.4. The lowest BCUT2D eigenvalue weighted by Gasteiger charge is -2.44. The van der Waals surface area contributed by atoms with E-state index in [2.05, 4.69) is 44.2 Å². The van der Waals surface area contributed by atoms with Gasteiger partial charge in [0, 0.05) is 37.0 Å². The Morgan fingerprint density at radius 2 is 2.07 bits per heavy atom. The Balaban J connectivity index is 2.61. The van der Waals surface area contributed by atoms with Crippen LogP contribution in [0.15, 0.2) is 0 Å². The molecule has 1 saturated heterocycles. The van der Waals surface area contributed by atoms with E-state index in [4.69, 9.17) is 0 Å². The number of rotatable bonds is 4. The number of piperazine rings is 1. The second-order valence-corrected chi connectivity index (χ2v) is 6.03. The highest BCUT2D eigenvalue weighted by molar-refractivity contribution is 7.98. The summed E-state index contributed by atoms with van der Waals surface area (Å²) in [7, 11) is 0. The first kappa shape index (κ1) is 13.3. The van der Waals surface area contributed by atoms with Gasteiger partial charge in [-0.3, -0.25) is 4.90 Å². The summed E-state index contributed by atoms with van der Waals surface area (Å²) in [6, 6.07) is 2.06. The van der Waals surface area contributed by atoms with Crippen LogP contribution in [0.4, 0.5) is 0 Å².